The molecule has 140 valence electrons. The Morgan fingerprint density at radius 3 is 2.24 bits per heavy atom. The number of alkyl halides is 1. The molecular formula is C21H32INO2. The van der Waals surface area contributed by atoms with Crippen molar-refractivity contribution in [2.45, 2.75) is 81.2 Å². The van der Waals surface area contributed by atoms with E-state index < -0.39 is 5.60 Å². The first kappa shape index (κ1) is 20.7. The van der Waals surface area contributed by atoms with E-state index in [0.717, 1.165) is 11.3 Å². The van der Waals surface area contributed by atoms with Crippen molar-refractivity contribution in [3.05, 3.63) is 35.4 Å². The summed E-state index contributed by atoms with van der Waals surface area (Å²) in [7, 11) is 0. The number of nitrogens with zero attached hydrogens (tertiary/aromatic N) is 1. The predicted molar refractivity (Wildman–Crippen MR) is 114 cm³/mol. The Labute approximate surface area is 166 Å². The Kier molecular flexibility index (Phi) is 7.74. The Balaban J connectivity index is 2.07. The minimum Gasteiger partial charge on any atom is -0.396 e. The predicted octanol–water partition coefficient (Wildman–Crippen LogP) is 5.96. The van der Waals surface area contributed by atoms with Crippen LogP contribution >= 0.6 is 22.6 Å². The van der Waals surface area contributed by atoms with E-state index in [9.17, 15) is 0 Å². The highest BCUT2D eigenvalue weighted by Crippen LogP contribution is 2.43. The quantitative estimate of drug-likeness (QED) is 0.248. The van der Waals surface area contributed by atoms with E-state index in [0.29, 0.717) is 6.42 Å². The van der Waals surface area contributed by atoms with Gasteiger partial charge in [0.1, 0.15) is 5.60 Å². The highest BCUT2D eigenvalue weighted by molar-refractivity contribution is 14.1. The van der Waals surface area contributed by atoms with E-state index in [1.807, 2.05) is 20.8 Å². The van der Waals surface area contributed by atoms with E-state index in [2.05, 4.69) is 52.0 Å². The van der Waals surface area contributed by atoms with Gasteiger partial charge in [-0.2, -0.15) is 0 Å². The molecule has 0 bridgehead atoms. The van der Waals surface area contributed by atoms with Gasteiger partial charge in [0.25, 0.3) is 0 Å². The van der Waals surface area contributed by atoms with Gasteiger partial charge in [0.15, 0.2) is 0 Å². The molecule has 1 aliphatic carbocycles. The molecule has 0 saturated heterocycles. The molecule has 1 saturated carbocycles. The Morgan fingerprint density at radius 2 is 1.68 bits per heavy atom. The summed E-state index contributed by atoms with van der Waals surface area (Å²) in [6.07, 6.45) is 9.92. The first-order chi connectivity index (χ1) is 11.9. The zero-order valence-electron chi connectivity index (χ0n) is 15.9. The van der Waals surface area contributed by atoms with Gasteiger partial charge in [-0.05, 0) is 44.7 Å². The molecule has 0 spiro atoms. The Morgan fingerprint density at radius 1 is 1.12 bits per heavy atom. The summed E-state index contributed by atoms with van der Waals surface area (Å²) in [6, 6.07) is 8.86. The first-order valence-electron chi connectivity index (χ1n) is 9.50. The molecule has 0 aliphatic heterocycles. The lowest BCUT2D eigenvalue weighted by molar-refractivity contribution is -0.0299. The highest BCUT2D eigenvalue weighted by Gasteiger charge is 2.28. The molecule has 1 fully saturated rings. The van der Waals surface area contributed by atoms with Gasteiger partial charge in [-0.15, -0.1) is 0 Å². The van der Waals surface area contributed by atoms with Gasteiger partial charge in [0.05, 0.1) is 5.71 Å². The third-order valence-electron chi connectivity index (χ3n) is 5.11. The Hall–Kier alpha value is -0.620. The summed E-state index contributed by atoms with van der Waals surface area (Å²) >= 11 is 2.68. The SMILES string of the molecule is C/C(=N\OC(C)(C)CCO)c1ccc(C2(I)CCCCCCC2)cc1. The summed E-state index contributed by atoms with van der Waals surface area (Å²) in [5.74, 6) is 0. The normalized spacial score (nSPS) is 19.2. The highest BCUT2D eigenvalue weighted by atomic mass is 127. The van der Waals surface area contributed by atoms with Gasteiger partial charge in [-0.1, -0.05) is 84.1 Å². The fourth-order valence-electron chi connectivity index (χ4n) is 3.32. The standard InChI is InChI=1S/C21H32INO2/c1-17(23-25-20(2,3)15-16-24)18-9-11-19(12-10-18)21(22)13-7-5-4-6-8-14-21/h9-12,24H,4-8,13-16H2,1-3H3/b23-17+. The van der Waals surface area contributed by atoms with Gasteiger partial charge < -0.3 is 9.94 Å². The zero-order chi connectivity index (χ0) is 18.3. The van der Waals surface area contributed by atoms with E-state index in [4.69, 9.17) is 9.94 Å². The van der Waals surface area contributed by atoms with Crippen molar-refractivity contribution in [2.75, 3.05) is 6.61 Å². The van der Waals surface area contributed by atoms with Crippen molar-refractivity contribution in [1.82, 2.24) is 0 Å². The van der Waals surface area contributed by atoms with Crippen LogP contribution in [0.2, 0.25) is 0 Å². The third kappa shape index (κ3) is 6.24. The summed E-state index contributed by atoms with van der Waals surface area (Å²) in [6.45, 7) is 5.96. The van der Waals surface area contributed by atoms with Crippen molar-refractivity contribution in [1.29, 1.82) is 0 Å². The van der Waals surface area contributed by atoms with Crippen LogP contribution in [0.3, 0.4) is 0 Å². The molecule has 2 rings (SSSR count). The number of hydrogen-bond donors (Lipinski definition) is 1. The molecule has 0 unspecified atom stereocenters. The monoisotopic (exact) mass is 457 g/mol. The van der Waals surface area contributed by atoms with Crippen molar-refractivity contribution in [2.24, 2.45) is 5.16 Å². The second-order valence-corrected chi connectivity index (χ2v) is 9.88. The molecule has 1 N–H and O–H groups in total. The molecular weight excluding hydrogens is 425 g/mol. The second kappa shape index (κ2) is 9.36. The third-order valence-corrected chi connectivity index (χ3v) is 6.81. The number of hydrogen-bond acceptors (Lipinski definition) is 3. The maximum atomic E-state index is 9.07. The van der Waals surface area contributed by atoms with Crippen LogP contribution in [-0.4, -0.2) is 23.0 Å². The summed E-state index contributed by atoms with van der Waals surface area (Å²) in [5.41, 5.74) is 2.96. The molecule has 0 radical (unpaired) electrons. The zero-order valence-corrected chi connectivity index (χ0v) is 18.0. The number of oxime groups is 1. The van der Waals surface area contributed by atoms with Crippen LogP contribution in [0.1, 0.15) is 83.3 Å². The smallest absolute Gasteiger partial charge is 0.134 e. The lowest BCUT2D eigenvalue weighted by Gasteiger charge is -2.30. The van der Waals surface area contributed by atoms with Gasteiger partial charge in [-0.3, -0.25) is 0 Å². The van der Waals surface area contributed by atoms with Crippen LogP contribution in [0.5, 0.6) is 0 Å². The van der Waals surface area contributed by atoms with Gasteiger partial charge >= 0.3 is 0 Å². The van der Waals surface area contributed by atoms with Crippen molar-refractivity contribution in [3.63, 3.8) is 0 Å². The van der Waals surface area contributed by atoms with Gasteiger partial charge in [0, 0.05) is 16.4 Å². The minimum absolute atomic E-state index is 0.105. The van der Waals surface area contributed by atoms with Gasteiger partial charge in [0.2, 0.25) is 0 Å². The fourth-order valence-corrected chi connectivity index (χ4v) is 4.45. The fraction of sp³-hybridized carbons (Fsp3) is 0.667. The molecule has 3 nitrogen and oxygen atoms in total. The summed E-state index contributed by atoms with van der Waals surface area (Å²) in [5, 5.41) is 13.3. The molecule has 0 amide bonds. The molecule has 1 aromatic rings. The average Bonchev–Trinajstić information content (AvgIpc) is 2.56. The largest absolute Gasteiger partial charge is 0.396 e. The lowest BCUT2D eigenvalue weighted by Crippen LogP contribution is -2.24. The molecule has 0 heterocycles. The molecule has 0 atom stereocenters. The maximum Gasteiger partial charge on any atom is 0.134 e. The van der Waals surface area contributed by atoms with Crippen molar-refractivity contribution < 1.29 is 9.94 Å². The molecule has 4 heteroatoms. The Bertz CT molecular complexity index is 558. The van der Waals surface area contributed by atoms with E-state index in [1.54, 1.807) is 0 Å². The molecule has 1 aromatic carbocycles. The number of halogens is 1. The summed E-state index contributed by atoms with van der Waals surface area (Å²) < 4.78 is 0.279. The van der Waals surface area contributed by atoms with Crippen LogP contribution in [0.4, 0.5) is 0 Å². The van der Waals surface area contributed by atoms with Crippen LogP contribution in [-0.2, 0) is 8.26 Å². The number of benzene rings is 1. The van der Waals surface area contributed by atoms with E-state index >= 15 is 0 Å². The number of aliphatic hydroxyl groups excluding tert-OH is 1. The minimum atomic E-state index is -0.443. The number of aliphatic hydroxyl groups is 1. The van der Waals surface area contributed by atoms with Gasteiger partial charge in [-0.25, -0.2) is 0 Å². The van der Waals surface area contributed by atoms with Crippen LogP contribution < -0.4 is 0 Å². The average molecular weight is 457 g/mol. The van der Waals surface area contributed by atoms with Crippen molar-refractivity contribution in [3.8, 4) is 0 Å². The van der Waals surface area contributed by atoms with Crippen molar-refractivity contribution >= 4 is 28.3 Å². The second-order valence-electron chi connectivity index (χ2n) is 7.81. The topological polar surface area (TPSA) is 41.8 Å². The molecule has 1 aliphatic rings. The molecule has 0 aromatic heterocycles. The first-order valence-corrected chi connectivity index (χ1v) is 10.6. The number of rotatable bonds is 6. The molecule has 25 heavy (non-hydrogen) atoms. The van der Waals surface area contributed by atoms with E-state index in [-0.39, 0.29) is 10.0 Å². The van der Waals surface area contributed by atoms with E-state index in [1.165, 1.54) is 50.5 Å². The maximum absolute atomic E-state index is 9.07. The van der Waals surface area contributed by atoms with Crippen LogP contribution in [0.15, 0.2) is 29.4 Å². The lowest BCUT2D eigenvalue weighted by atomic mass is 9.85. The van der Waals surface area contributed by atoms with Crippen LogP contribution in [0.25, 0.3) is 0 Å². The summed E-state index contributed by atoms with van der Waals surface area (Å²) in [4.78, 5) is 5.61. The van der Waals surface area contributed by atoms with Crippen LogP contribution in [0, 0.1) is 0 Å².